The summed E-state index contributed by atoms with van der Waals surface area (Å²) in [6.07, 6.45) is 1.95. The summed E-state index contributed by atoms with van der Waals surface area (Å²) in [6, 6.07) is 2.74. The molecule has 1 atom stereocenters. The van der Waals surface area contributed by atoms with E-state index in [4.69, 9.17) is 5.11 Å². The summed E-state index contributed by atoms with van der Waals surface area (Å²) in [4.78, 5) is 14.0. The smallest absolute Gasteiger partial charge is 0.274 e. The first-order chi connectivity index (χ1) is 7.13. The van der Waals surface area contributed by atoms with Gasteiger partial charge in [-0.3, -0.25) is 10.1 Å². The lowest BCUT2D eigenvalue weighted by molar-refractivity contribution is -0.384. The van der Waals surface area contributed by atoms with Crippen molar-refractivity contribution in [2.45, 2.75) is 19.4 Å². The van der Waals surface area contributed by atoms with Crippen LogP contribution in [0.3, 0.4) is 0 Å². The van der Waals surface area contributed by atoms with E-state index in [1.54, 1.807) is 0 Å². The average Bonchev–Trinajstić information content (AvgIpc) is 2.18. The second-order valence-corrected chi connectivity index (χ2v) is 3.21. The van der Waals surface area contributed by atoms with E-state index in [2.05, 4.69) is 10.3 Å². The van der Waals surface area contributed by atoms with Crippen LogP contribution in [-0.2, 0) is 0 Å². The second-order valence-electron chi connectivity index (χ2n) is 3.21. The van der Waals surface area contributed by atoms with Crippen molar-refractivity contribution < 1.29 is 10.0 Å². The van der Waals surface area contributed by atoms with Crippen LogP contribution in [0.2, 0.25) is 0 Å². The van der Waals surface area contributed by atoms with Crippen LogP contribution in [0.15, 0.2) is 18.3 Å². The predicted octanol–water partition coefficient (Wildman–Crippen LogP) is 1.17. The van der Waals surface area contributed by atoms with Crippen molar-refractivity contribution in [3.63, 3.8) is 0 Å². The van der Waals surface area contributed by atoms with Crippen LogP contribution in [0, 0.1) is 10.1 Å². The lowest BCUT2D eigenvalue weighted by Crippen LogP contribution is -2.17. The molecule has 82 valence electrons. The summed E-state index contributed by atoms with van der Waals surface area (Å²) in [5, 5.41) is 22.1. The summed E-state index contributed by atoms with van der Waals surface area (Å²) < 4.78 is 0. The molecule has 0 saturated carbocycles. The minimum absolute atomic E-state index is 0.00342. The maximum absolute atomic E-state index is 10.5. The van der Waals surface area contributed by atoms with Gasteiger partial charge in [0.2, 0.25) is 0 Å². The highest BCUT2D eigenvalue weighted by molar-refractivity contribution is 5.44. The topological polar surface area (TPSA) is 88.3 Å². The lowest BCUT2D eigenvalue weighted by atomic mass is 10.2. The molecule has 0 aliphatic carbocycles. The highest BCUT2D eigenvalue weighted by Gasteiger charge is 2.08. The Balaban J connectivity index is 2.69. The van der Waals surface area contributed by atoms with E-state index in [9.17, 15) is 10.1 Å². The monoisotopic (exact) mass is 211 g/mol. The first-order valence-corrected chi connectivity index (χ1v) is 4.61. The third kappa shape index (κ3) is 3.51. The Morgan fingerprint density at radius 3 is 3.07 bits per heavy atom. The van der Waals surface area contributed by atoms with E-state index in [-0.39, 0.29) is 18.3 Å². The molecular weight excluding hydrogens is 198 g/mol. The number of hydrogen-bond donors (Lipinski definition) is 2. The highest BCUT2D eigenvalue weighted by atomic mass is 16.6. The molecule has 15 heavy (non-hydrogen) atoms. The molecule has 1 unspecified atom stereocenters. The zero-order valence-electron chi connectivity index (χ0n) is 8.38. The number of anilines is 1. The van der Waals surface area contributed by atoms with Crippen LogP contribution < -0.4 is 5.32 Å². The third-order valence-electron chi connectivity index (χ3n) is 1.91. The number of rotatable bonds is 5. The fraction of sp³-hybridized carbons (Fsp3) is 0.444. The number of hydrogen-bond acceptors (Lipinski definition) is 5. The third-order valence-corrected chi connectivity index (χ3v) is 1.91. The van der Waals surface area contributed by atoms with Crippen molar-refractivity contribution in [3.8, 4) is 0 Å². The Labute approximate surface area is 87.1 Å². The van der Waals surface area contributed by atoms with E-state index >= 15 is 0 Å². The van der Waals surface area contributed by atoms with Gasteiger partial charge in [0.25, 0.3) is 5.69 Å². The van der Waals surface area contributed by atoms with Gasteiger partial charge in [0.15, 0.2) is 0 Å². The molecule has 0 saturated heterocycles. The number of aliphatic hydroxyl groups excluding tert-OH is 1. The summed E-state index contributed by atoms with van der Waals surface area (Å²) in [6.45, 7) is 1.94. The van der Waals surface area contributed by atoms with Crippen LogP contribution in [0.4, 0.5) is 11.5 Å². The normalized spacial score (nSPS) is 12.1. The molecule has 0 aromatic carbocycles. The summed E-state index contributed by atoms with van der Waals surface area (Å²) in [7, 11) is 0. The highest BCUT2D eigenvalue weighted by Crippen LogP contribution is 2.15. The standard InChI is InChI=1S/C9H13N3O3/c1-7(3-5-13)11-9-6-8(12(14)15)2-4-10-9/h2,4,6-7,13H,3,5H2,1H3,(H,10,11). The lowest BCUT2D eigenvalue weighted by Gasteiger charge is -2.12. The number of nitrogens with zero attached hydrogens (tertiary/aromatic N) is 2. The zero-order valence-corrected chi connectivity index (χ0v) is 8.38. The Bertz CT molecular complexity index is 343. The fourth-order valence-corrected chi connectivity index (χ4v) is 1.13. The second kappa shape index (κ2) is 5.26. The summed E-state index contributed by atoms with van der Waals surface area (Å²) in [5.41, 5.74) is 0.00342. The molecule has 0 radical (unpaired) electrons. The van der Waals surface area contributed by atoms with Gasteiger partial charge in [0.05, 0.1) is 11.0 Å². The van der Waals surface area contributed by atoms with Crippen molar-refractivity contribution in [2.24, 2.45) is 0 Å². The van der Waals surface area contributed by atoms with E-state index in [0.717, 1.165) is 0 Å². The molecule has 0 aliphatic heterocycles. The average molecular weight is 211 g/mol. The van der Waals surface area contributed by atoms with E-state index in [1.165, 1.54) is 18.3 Å². The minimum Gasteiger partial charge on any atom is -0.396 e. The quantitative estimate of drug-likeness (QED) is 0.563. The van der Waals surface area contributed by atoms with Crippen LogP contribution >= 0.6 is 0 Å². The van der Waals surface area contributed by atoms with Crippen molar-refractivity contribution in [1.82, 2.24) is 4.98 Å². The van der Waals surface area contributed by atoms with Crippen molar-refractivity contribution in [3.05, 3.63) is 28.4 Å². The van der Waals surface area contributed by atoms with E-state index in [1.807, 2.05) is 6.92 Å². The molecule has 1 aromatic rings. The Kier molecular flexibility index (Phi) is 3.99. The molecule has 0 amide bonds. The zero-order chi connectivity index (χ0) is 11.3. The molecule has 0 aliphatic rings. The first kappa shape index (κ1) is 11.4. The van der Waals surface area contributed by atoms with Gasteiger partial charge in [0, 0.05) is 24.9 Å². The Hall–Kier alpha value is -1.69. The fourth-order valence-electron chi connectivity index (χ4n) is 1.13. The van der Waals surface area contributed by atoms with Gasteiger partial charge in [-0.25, -0.2) is 4.98 Å². The Morgan fingerprint density at radius 2 is 2.47 bits per heavy atom. The van der Waals surface area contributed by atoms with Crippen molar-refractivity contribution in [1.29, 1.82) is 0 Å². The molecule has 0 spiro atoms. The predicted molar refractivity (Wildman–Crippen MR) is 55.7 cm³/mol. The molecule has 0 fully saturated rings. The van der Waals surface area contributed by atoms with Crippen LogP contribution in [0.25, 0.3) is 0 Å². The maximum atomic E-state index is 10.5. The van der Waals surface area contributed by atoms with Crippen LogP contribution in [0.5, 0.6) is 0 Å². The number of aromatic nitrogens is 1. The molecule has 1 rings (SSSR count). The largest absolute Gasteiger partial charge is 0.396 e. The maximum Gasteiger partial charge on any atom is 0.274 e. The van der Waals surface area contributed by atoms with Gasteiger partial charge in [-0.15, -0.1) is 0 Å². The Morgan fingerprint density at radius 1 is 1.73 bits per heavy atom. The van der Waals surface area contributed by atoms with Crippen molar-refractivity contribution >= 4 is 11.5 Å². The number of pyridine rings is 1. The van der Waals surface area contributed by atoms with Gasteiger partial charge in [-0.2, -0.15) is 0 Å². The molecular formula is C9H13N3O3. The molecule has 6 nitrogen and oxygen atoms in total. The van der Waals surface area contributed by atoms with Crippen molar-refractivity contribution in [2.75, 3.05) is 11.9 Å². The van der Waals surface area contributed by atoms with Gasteiger partial charge >= 0.3 is 0 Å². The van der Waals surface area contributed by atoms with Crippen LogP contribution in [0.1, 0.15) is 13.3 Å². The van der Waals surface area contributed by atoms with Gasteiger partial charge in [-0.05, 0) is 13.3 Å². The molecule has 1 heterocycles. The van der Waals surface area contributed by atoms with Gasteiger partial charge < -0.3 is 10.4 Å². The number of aliphatic hydroxyl groups is 1. The van der Waals surface area contributed by atoms with Crippen LogP contribution in [-0.4, -0.2) is 27.7 Å². The van der Waals surface area contributed by atoms with E-state index in [0.29, 0.717) is 12.2 Å². The molecule has 0 bridgehead atoms. The summed E-state index contributed by atoms with van der Waals surface area (Å²) in [5.74, 6) is 0.449. The van der Waals surface area contributed by atoms with E-state index < -0.39 is 4.92 Å². The number of nitrogens with one attached hydrogen (secondary N) is 1. The van der Waals surface area contributed by atoms with Gasteiger partial charge in [0.1, 0.15) is 5.82 Å². The molecule has 1 aromatic heterocycles. The SMILES string of the molecule is CC(CCO)Nc1cc([N+](=O)[O-])ccn1. The first-order valence-electron chi connectivity index (χ1n) is 4.61. The number of nitro groups is 1. The molecule has 6 heteroatoms. The van der Waals surface area contributed by atoms with Gasteiger partial charge in [-0.1, -0.05) is 0 Å². The molecule has 2 N–H and O–H groups in total. The minimum atomic E-state index is -0.469. The summed E-state index contributed by atoms with van der Waals surface area (Å²) >= 11 is 0.